The summed E-state index contributed by atoms with van der Waals surface area (Å²) in [7, 11) is -2.46. The summed E-state index contributed by atoms with van der Waals surface area (Å²) in [5.41, 5.74) is 6.44. The Balaban J connectivity index is 1.77. The molecule has 0 aliphatic rings. The number of nitrogens with two attached hydrogens (primary N) is 1. The van der Waals surface area contributed by atoms with Crippen LogP contribution in [0.25, 0.3) is 0 Å². The van der Waals surface area contributed by atoms with Crippen LogP contribution in [0.1, 0.15) is 22.0 Å². The van der Waals surface area contributed by atoms with Crippen LogP contribution >= 0.6 is 0 Å². The highest BCUT2D eigenvalue weighted by atomic mass is 32.2. The van der Waals surface area contributed by atoms with Crippen molar-refractivity contribution in [2.75, 3.05) is 11.8 Å². The Morgan fingerprint density at radius 2 is 1.52 bits per heavy atom. The molecule has 9 heteroatoms. The van der Waals surface area contributed by atoms with Crippen LogP contribution in [0.15, 0.2) is 83.8 Å². The average molecular weight is 439 g/mol. The number of carbonyl (C=O) groups is 2. The molecule has 31 heavy (non-hydrogen) atoms. The molecule has 0 spiro atoms. The average Bonchev–Trinajstić information content (AvgIpc) is 2.78. The molecule has 3 rings (SSSR count). The maximum atomic E-state index is 12.7. The number of nitrogens with one attached hydrogen (secondary N) is 2. The molecule has 0 heterocycles. The number of anilines is 1. The summed E-state index contributed by atoms with van der Waals surface area (Å²) in [6.45, 7) is 0. The fraction of sp³-hybridized carbons (Fsp3) is 0.0909. The summed E-state index contributed by atoms with van der Waals surface area (Å²) in [4.78, 5) is 24.3. The molecule has 2 amide bonds. The molecule has 0 fully saturated rings. The number of hydrogen-bond donors (Lipinski definition) is 3. The van der Waals surface area contributed by atoms with Crippen molar-refractivity contribution in [1.29, 1.82) is 0 Å². The summed E-state index contributed by atoms with van der Waals surface area (Å²) in [5.74, 6) is -0.894. The number of para-hydroxylation sites is 2. The highest BCUT2D eigenvalue weighted by molar-refractivity contribution is 7.92. The minimum Gasteiger partial charge on any atom is -0.495 e. The molecule has 4 N–H and O–H groups in total. The summed E-state index contributed by atoms with van der Waals surface area (Å²) in [5, 5.41) is 2.57. The number of primary amides is 1. The first-order valence-electron chi connectivity index (χ1n) is 9.23. The number of hydrogen-bond acceptors (Lipinski definition) is 5. The van der Waals surface area contributed by atoms with Crippen molar-refractivity contribution in [3.63, 3.8) is 0 Å². The van der Waals surface area contributed by atoms with Crippen molar-refractivity contribution < 1.29 is 22.7 Å². The predicted molar refractivity (Wildman–Crippen MR) is 116 cm³/mol. The second-order valence-corrected chi connectivity index (χ2v) is 8.23. The molecule has 0 saturated heterocycles. The topological polar surface area (TPSA) is 128 Å². The second kappa shape index (κ2) is 9.31. The third kappa shape index (κ3) is 5.20. The van der Waals surface area contributed by atoms with Gasteiger partial charge in [-0.1, -0.05) is 42.5 Å². The maximum absolute atomic E-state index is 12.7. The molecule has 3 aromatic rings. The number of benzene rings is 3. The van der Waals surface area contributed by atoms with Gasteiger partial charge in [-0.2, -0.15) is 0 Å². The van der Waals surface area contributed by atoms with E-state index in [1.165, 1.54) is 31.4 Å². The van der Waals surface area contributed by atoms with Gasteiger partial charge in [-0.15, -0.1) is 0 Å². The molecule has 0 saturated carbocycles. The lowest BCUT2D eigenvalue weighted by Gasteiger charge is -2.16. The lowest BCUT2D eigenvalue weighted by molar-refractivity contribution is -0.120. The smallest absolute Gasteiger partial charge is 0.262 e. The van der Waals surface area contributed by atoms with E-state index in [0.717, 1.165) is 0 Å². The fourth-order valence-electron chi connectivity index (χ4n) is 2.90. The van der Waals surface area contributed by atoms with Crippen molar-refractivity contribution in [3.8, 4) is 5.75 Å². The third-order valence-electron chi connectivity index (χ3n) is 4.47. The normalized spacial score (nSPS) is 11.9. The Labute approximate surface area is 180 Å². The largest absolute Gasteiger partial charge is 0.495 e. The zero-order chi connectivity index (χ0) is 22.4. The van der Waals surface area contributed by atoms with Gasteiger partial charge >= 0.3 is 0 Å². The molecular formula is C22H21N3O5S. The van der Waals surface area contributed by atoms with E-state index < -0.39 is 27.9 Å². The van der Waals surface area contributed by atoms with Crippen LogP contribution in [0.5, 0.6) is 5.75 Å². The van der Waals surface area contributed by atoms with Crippen LogP contribution in [0.4, 0.5) is 5.69 Å². The minimum absolute atomic E-state index is 0.0375. The van der Waals surface area contributed by atoms with E-state index in [1.807, 2.05) is 0 Å². The Bertz CT molecular complexity index is 1180. The van der Waals surface area contributed by atoms with E-state index in [-0.39, 0.29) is 10.5 Å². The first-order valence-corrected chi connectivity index (χ1v) is 10.7. The third-order valence-corrected chi connectivity index (χ3v) is 5.85. The summed E-state index contributed by atoms with van der Waals surface area (Å²) in [6, 6.07) is 19.5. The van der Waals surface area contributed by atoms with Crippen LogP contribution in [0.2, 0.25) is 0 Å². The monoisotopic (exact) mass is 439 g/mol. The highest BCUT2D eigenvalue weighted by Crippen LogP contribution is 2.26. The fourth-order valence-corrected chi connectivity index (χ4v) is 3.97. The van der Waals surface area contributed by atoms with Gasteiger partial charge in [-0.3, -0.25) is 14.3 Å². The van der Waals surface area contributed by atoms with Gasteiger partial charge in [0.15, 0.2) is 0 Å². The van der Waals surface area contributed by atoms with Gasteiger partial charge in [-0.25, -0.2) is 8.42 Å². The van der Waals surface area contributed by atoms with E-state index >= 15 is 0 Å². The van der Waals surface area contributed by atoms with E-state index in [0.29, 0.717) is 17.0 Å². The Hall–Kier alpha value is -3.85. The molecule has 0 radical (unpaired) electrons. The summed E-state index contributed by atoms with van der Waals surface area (Å²) >= 11 is 0. The zero-order valence-corrected chi connectivity index (χ0v) is 17.4. The predicted octanol–water partition coefficient (Wildman–Crippen LogP) is 2.45. The SMILES string of the molecule is COc1ccccc1NS(=O)(=O)c1ccc(C(=O)NC(C(N)=O)c2ccccc2)cc1. The lowest BCUT2D eigenvalue weighted by atomic mass is 10.1. The van der Waals surface area contributed by atoms with Gasteiger partial charge in [0.25, 0.3) is 15.9 Å². The Kier molecular flexibility index (Phi) is 6.56. The van der Waals surface area contributed by atoms with Crippen LogP contribution in [0, 0.1) is 0 Å². The zero-order valence-electron chi connectivity index (χ0n) is 16.6. The number of methoxy groups -OCH3 is 1. The molecule has 0 aliphatic carbocycles. The summed E-state index contributed by atoms with van der Waals surface area (Å²) < 4.78 is 33.0. The molecule has 8 nitrogen and oxygen atoms in total. The number of rotatable bonds is 8. The van der Waals surface area contributed by atoms with Crippen molar-refractivity contribution in [2.24, 2.45) is 5.73 Å². The summed E-state index contributed by atoms with van der Waals surface area (Å²) in [6.07, 6.45) is 0. The molecular weight excluding hydrogens is 418 g/mol. The van der Waals surface area contributed by atoms with Gasteiger partial charge in [0.05, 0.1) is 17.7 Å². The number of carbonyl (C=O) groups excluding carboxylic acids is 2. The van der Waals surface area contributed by atoms with Crippen LogP contribution in [-0.2, 0) is 14.8 Å². The molecule has 1 atom stereocenters. The number of sulfonamides is 1. The molecule has 0 aromatic heterocycles. The molecule has 160 valence electrons. The van der Waals surface area contributed by atoms with Gasteiger partial charge < -0.3 is 15.8 Å². The van der Waals surface area contributed by atoms with Crippen LogP contribution in [-0.4, -0.2) is 27.3 Å². The lowest BCUT2D eigenvalue weighted by Crippen LogP contribution is -2.37. The molecule has 1 unspecified atom stereocenters. The van der Waals surface area contributed by atoms with Crippen molar-refractivity contribution in [1.82, 2.24) is 5.32 Å². The first kappa shape index (κ1) is 21.8. The van der Waals surface area contributed by atoms with Gasteiger partial charge in [0.1, 0.15) is 11.8 Å². The van der Waals surface area contributed by atoms with E-state index in [2.05, 4.69) is 10.0 Å². The standard InChI is InChI=1S/C22H21N3O5S/c1-30-19-10-6-5-9-18(19)25-31(28,29)17-13-11-16(12-14-17)22(27)24-20(21(23)26)15-7-3-2-4-8-15/h2-14,20,25H,1H3,(H2,23,26)(H,24,27). The van der Waals surface area contributed by atoms with Gasteiger partial charge in [0, 0.05) is 5.56 Å². The van der Waals surface area contributed by atoms with Crippen molar-refractivity contribution in [2.45, 2.75) is 10.9 Å². The number of amides is 2. The first-order chi connectivity index (χ1) is 14.8. The van der Waals surface area contributed by atoms with Crippen molar-refractivity contribution in [3.05, 3.63) is 90.0 Å². The van der Waals surface area contributed by atoms with Crippen molar-refractivity contribution >= 4 is 27.5 Å². The van der Waals surface area contributed by atoms with E-state index in [1.54, 1.807) is 54.6 Å². The highest BCUT2D eigenvalue weighted by Gasteiger charge is 2.22. The maximum Gasteiger partial charge on any atom is 0.262 e. The quantitative estimate of drug-likeness (QED) is 0.497. The van der Waals surface area contributed by atoms with Gasteiger partial charge in [0.2, 0.25) is 5.91 Å². The molecule has 0 aliphatic heterocycles. The number of ether oxygens (including phenoxy) is 1. The van der Waals surface area contributed by atoms with E-state index in [4.69, 9.17) is 10.5 Å². The van der Waals surface area contributed by atoms with Crippen LogP contribution < -0.4 is 20.5 Å². The van der Waals surface area contributed by atoms with Gasteiger partial charge in [-0.05, 0) is 42.0 Å². The molecule has 3 aromatic carbocycles. The second-order valence-electron chi connectivity index (χ2n) is 6.55. The van der Waals surface area contributed by atoms with Crippen LogP contribution in [0.3, 0.4) is 0 Å². The Morgan fingerprint density at radius 3 is 2.13 bits per heavy atom. The van der Waals surface area contributed by atoms with E-state index in [9.17, 15) is 18.0 Å². The molecule has 0 bridgehead atoms. The Morgan fingerprint density at radius 1 is 0.903 bits per heavy atom. The minimum atomic E-state index is -3.90.